The lowest BCUT2D eigenvalue weighted by Gasteiger charge is -2.11. The van der Waals surface area contributed by atoms with E-state index in [0.717, 1.165) is 15.6 Å². The van der Waals surface area contributed by atoms with Gasteiger partial charge < -0.3 is 15.5 Å². The van der Waals surface area contributed by atoms with Gasteiger partial charge in [-0.25, -0.2) is 4.98 Å². The van der Waals surface area contributed by atoms with Crippen molar-refractivity contribution in [3.63, 3.8) is 0 Å². The molecule has 6 heteroatoms. The first kappa shape index (κ1) is 13.8. The predicted molar refractivity (Wildman–Crippen MR) is 74.1 cm³/mol. The summed E-state index contributed by atoms with van der Waals surface area (Å²) in [4.78, 5) is 17.4. The lowest BCUT2D eigenvalue weighted by Crippen LogP contribution is -2.26. The van der Waals surface area contributed by atoms with E-state index in [2.05, 4.69) is 10.3 Å². The first-order valence-electron chi connectivity index (χ1n) is 6.05. The van der Waals surface area contributed by atoms with Gasteiger partial charge in [0.05, 0.1) is 23.3 Å². The van der Waals surface area contributed by atoms with Crippen molar-refractivity contribution in [3.8, 4) is 0 Å². The van der Waals surface area contributed by atoms with Gasteiger partial charge in [-0.1, -0.05) is 0 Å². The number of aromatic nitrogens is 1. The molecular formula is C13H17N3O2S. The lowest BCUT2D eigenvalue weighted by molar-refractivity contribution is 0.0910. The summed E-state index contributed by atoms with van der Waals surface area (Å²) in [5, 5.41) is 3.90. The standard InChI is InChI=1S/C13H17N3O2S/c1-7-12(19-9(3)15-7)8(2)16-13(17)11-5-4-10(6-14)18-11/h4-5,8H,6,14H2,1-3H3,(H,16,17). The van der Waals surface area contributed by atoms with Gasteiger partial charge in [0, 0.05) is 4.88 Å². The summed E-state index contributed by atoms with van der Waals surface area (Å²) in [6.45, 7) is 6.12. The normalized spacial score (nSPS) is 12.4. The third kappa shape index (κ3) is 3.02. The number of thiazole rings is 1. The summed E-state index contributed by atoms with van der Waals surface area (Å²) in [5.41, 5.74) is 6.40. The van der Waals surface area contributed by atoms with Crippen molar-refractivity contribution in [2.24, 2.45) is 5.73 Å². The highest BCUT2D eigenvalue weighted by atomic mass is 32.1. The van der Waals surface area contributed by atoms with Crippen molar-refractivity contribution < 1.29 is 9.21 Å². The number of nitrogens with zero attached hydrogens (tertiary/aromatic N) is 1. The topological polar surface area (TPSA) is 81.2 Å². The van der Waals surface area contributed by atoms with Crippen LogP contribution in [0.25, 0.3) is 0 Å². The van der Waals surface area contributed by atoms with Crippen molar-refractivity contribution in [1.29, 1.82) is 0 Å². The zero-order valence-corrected chi connectivity index (χ0v) is 12.0. The number of aryl methyl sites for hydroxylation is 2. The van der Waals surface area contributed by atoms with Crippen molar-refractivity contribution >= 4 is 17.2 Å². The van der Waals surface area contributed by atoms with Crippen LogP contribution in [0.15, 0.2) is 16.5 Å². The van der Waals surface area contributed by atoms with Gasteiger partial charge in [0.15, 0.2) is 5.76 Å². The molecule has 0 saturated carbocycles. The summed E-state index contributed by atoms with van der Waals surface area (Å²) in [6, 6.07) is 3.25. The molecule has 2 heterocycles. The zero-order valence-electron chi connectivity index (χ0n) is 11.2. The number of carbonyl (C=O) groups is 1. The fourth-order valence-corrected chi connectivity index (χ4v) is 2.82. The molecule has 2 rings (SSSR count). The number of amides is 1. The minimum atomic E-state index is -0.238. The van der Waals surface area contributed by atoms with E-state index >= 15 is 0 Å². The molecule has 0 bridgehead atoms. The Morgan fingerprint density at radius 1 is 1.53 bits per heavy atom. The van der Waals surface area contributed by atoms with Crippen LogP contribution in [-0.2, 0) is 6.54 Å². The molecule has 2 aromatic heterocycles. The van der Waals surface area contributed by atoms with E-state index in [4.69, 9.17) is 10.2 Å². The molecule has 0 radical (unpaired) electrons. The number of rotatable bonds is 4. The van der Waals surface area contributed by atoms with Crippen molar-refractivity contribution in [2.75, 3.05) is 0 Å². The first-order chi connectivity index (χ1) is 9.01. The van der Waals surface area contributed by atoms with Crippen molar-refractivity contribution in [3.05, 3.63) is 39.2 Å². The van der Waals surface area contributed by atoms with Crippen LogP contribution < -0.4 is 11.1 Å². The highest BCUT2D eigenvalue weighted by Gasteiger charge is 2.18. The van der Waals surface area contributed by atoms with E-state index in [-0.39, 0.29) is 24.3 Å². The number of nitrogens with one attached hydrogen (secondary N) is 1. The number of carbonyl (C=O) groups excluding carboxylic acids is 1. The van der Waals surface area contributed by atoms with Crippen LogP contribution in [0.2, 0.25) is 0 Å². The summed E-state index contributed by atoms with van der Waals surface area (Å²) in [7, 11) is 0. The molecule has 0 aliphatic carbocycles. The summed E-state index contributed by atoms with van der Waals surface area (Å²) < 4.78 is 5.32. The van der Waals surface area contributed by atoms with Gasteiger partial charge in [0.2, 0.25) is 0 Å². The Morgan fingerprint density at radius 2 is 2.26 bits per heavy atom. The molecule has 0 spiro atoms. The molecule has 19 heavy (non-hydrogen) atoms. The number of nitrogens with two attached hydrogens (primary N) is 1. The molecule has 1 atom stereocenters. The van der Waals surface area contributed by atoms with Crippen LogP contribution in [0.5, 0.6) is 0 Å². The zero-order chi connectivity index (χ0) is 14.0. The van der Waals surface area contributed by atoms with Gasteiger partial charge in [-0.15, -0.1) is 11.3 Å². The molecular weight excluding hydrogens is 262 g/mol. The van der Waals surface area contributed by atoms with Gasteiger partial charge in [-0.2, -0.15) is 0 Å². The smallest absolute Gasteiger partial charge is 0.287 e. The third-order valence-corrected chi connectivity index (χ3v) is 4.02. The van der Waals surface area contributed by atoms with Crippen molar-refractivity contribution in [2.45, 2.75) is 33.4 Å². The predicted octanol–water partition coefficient (Wildman–Crippen LogP) is 2.30. The molecule has 0 fully saturated rings. The third-order valence-electron chi connectivity index (χ3n) is 2.77. The number of furan rings is 1. The molecule has 0 saturated heterocycles. The van der Waals surface area contributed by atoms with Gasteiger partial charge in [0.1, 0.15) is 5.76 Å². The maximum atomic E-state index is 12.0. The maximum Gasteiger partial charge on any atom is 0.287 e. The Hall–Kier alpha value is -1.66. The van der Waals surface area contributed by atoms with Gasteiger partial charge in [0.25, 0.3) is 5.91 Å². The molecule has 0 aromatic carbocycles. The Bertz CT molecular complexity index is 588. The van der Waals surface area contributed by atoms with Crippen LogP contribution in [0.4, 0.5) is 0 Å². The monoisotopic (exact) mass is 279 g/mol. The first-order valence-corrected chi connectivity index (χ1v) is 6.86. The highest BCUT2D eigenvalue weighted by molar-refractivity contribution is 7.11. The lowest BCUT2D eigenvalue weighted by atomic mass is 10.2. The molecule has 102 valence electrons. The van der Waals surface area contributed by atoms with E-state index in [1.54, 1.807) is 23.5 Å². The summed E-state index contributed by atoms with van der Waals surface area (Å²) >= 11 is 1.59. The van der Waals surface area contributed by atoms with E-state index in [0.29, 0.717) is 5.76 Å². The second-order valence-electron chi connectivity index (χ2n) is 4.35. The molecule has 1 unspecified atom stereocenters. The Labute approximate surface area is 115 Å². The Kier molecular flexibility index (Phi) is 4.01. The highest BCUT2D eigenvalue weighted by Crippen LogP contribution is 2.24. The van der Waals surface area contributed by atoms with Crippen LogP contribution in [0, 0.1) is 13.8 Å². The molecule has 2 aromatic rings. The molecule has 0 aliphatic rings. The van der Waals surface area contributed by atoms with E-state index in [1.807, 2.05) is 20.8 Å². The van der Waals surface area contributed by atoms with Crippen LogP contribution >= 0.6 is 11.3 Å². The van der Waals surface area contributed by atoms with Gasteiger partial charge in [-0.05, 0) is 32.9 Å². The second-order valence-corrected chi connectivity index (χ2v) is 5.58. The molecule has 0 aliphatic heterocycles. The quantitative estimate of drug-likeness (QED) is 0.899. The summed E-state index contributed by atoms with van der Waals surface area (Å²) in [6.07, 6.45) is 0. The summed E-state index contributed by atoms with van der Waals surface area (Å²) in [5.74, 6) is 0.645. The molecule has 1 amide bonds. The van der Waals surface area contributed by atoms with Crippen molar-refractivity contribution in [1.82, 2.24) is 10.3 Å². The fraction of sp³-hybridized carbons (Fsp3) is 0.385. The SMILES string of the molecule is Cc1nc(C)c(C(C)NC(=O)c2ccc(CN)o2)s1. The second kappa shape index (κ2) is 5.54. The average Bonchev–Trinajstić information content (AvgIpc) is 2.95. The Balaban J connectivity index is 2.08. The van der Waals surface area contributed by atoms with Gasteiger partial charge in [-0.3, -0.25) is 4.79 Å². The maximum absolute atomic E-state index is 12.0. The van der Waals surface area contributed by atoms with Gasteiger partial charge >= 0.3 is 0 Å². The number of hydrogen-bond acceptors (Lipinski definition) is 5. The molecule has 3 N–H and O–H groups in total. The minimum Gasteiger partial charge on any atom is -0.455 e. The van der Waals surface area contributed by atoms with E-state index in [1.165, 1.54) is 0 Å². The Morgan fingerprint density at radius 3 is 2.79 bits per heavy atom. The van der Waals surface area contributed by atoms with E-state index in [9.17, 15) is 4.79 Å². The molecule has 5 nitrogen and oxygen atoms in total. The number of hydrogen-bond donors (Lipinski definition) is 2. The van der Waals surface area contributed by atoms with Crippen LogP contribution in [0.1, 0.15) is 44.9 Å². The minimum absolute atomic E-state index is 0.0925. The largest absolute Gasteiger partial charge is 0.455 e. The average molecular weight is 279 g/mol. The fourth-order valence-electron chi connectivity index (χ4n) is 1.89. The van der Waals surface area contributed by atoms with Crippen LogP contribution in [-0.4, -0.2) is 10.9 Å². The van der Waals surface area contributed by atoms with E-state index < -0.39 is 0 Å². The van der Waals surface area contributed by atoms with Crippen LogP contribution in [0.3, 0.4) is 0 Å².